The molecule has 0 atom stereocenters. The summed E-state index contributed by atoms with van der Waals surface area (Å²) in [5.74, 6) is 1.76. The van der Waals surface area contributed by atoms with Gasteiger partial charge in [-0.15, -0.1) is 10.2 Å². The van der Waals surface area contributed by atoms with Crippen molar-refractivity contribution in [2.75, 3.05) is 17.1 Å². The standard InChI is InChI=1S/C21H20N6O3S/c1-15-13-14-27(25-15)21-12-11-20(23-24-21)22-16-3-5-17(6-4-16)26-31(28,29)19-9-7-18(30-2)8-10-19/h3-14,26H,1-2H3,(H,22,23). The Hall–Kier alpha value is -3.92. The molecule has 0 saturated carbocycles. The highest BCUT2D eigenvalue weighted by Crippen LogP contribution is 2.22. The van der Waals surface area contributed by atoms with Gasteiger partial charge in [0.1, 0.15) is 5.75 Å². The number of rotatable bonds is 7. The number of anilines is 3. The molecule has 4 aromatic rings. The number of aromatic nitrogens is 4. The molecule has 4 rings (SSSR count). The third-order valence-corrected chi connectivity index (χ3v) is 5.78. The zero-order valence-corrected chi connectivity index (χ0v) is 17.7. The third-order valence-electron chi connectivity index (χ3n) is 4.39. The monoisotopic (exact) mass is 436 g/mol. The Morgan fingerprint density at radius 2 is 1.58 bits per heavy atom. The number of nitrogens with one attached hydrogen (secondary N) is 2. The van der Waals surface area contributed by atoms with Gasteiger partial charge in [0, 0.05) is 17.6 Å². The van der Waals surface area contributed by atoms with Gasteiger partial charge in [0.2, 0.25) is 0 Å². The van der Waals surface area contributed by atoms with Crippen molar-refractivity contribution in [2.45, 2.75) is 11.8 Å². The first kappa shape index (κ1) is 20.4. The van der Waals surface area contributed by atoms with Crippen molar-refractivity contribution in [3.63, 3.8) is 0 Å². The Bertz CT molecular complexity index is 1270. The quantitative estimate of drug-likeness (QED) is 0.456. The SMILES string of the molecule is COc1ccc(S(=O)(=O)Nc2ccc(Nc3ccc(-n4ccc(C)n4)nn3)cc2)cc1. The maximum atomic E-state index is 12.5. The van der Waals surface area contributed by atoms with Crippen LogP contribution in [0.1, 0.15) is 5.69 Å². The molecule has 0 aliphatic rings. The number of nitrogens with zero attached hydrogens (tertiary/aromatic N) is 4. The van der Waals surface area contributed by atoms with E-state index in [4.69, 9.17) is 4.74 Å². The van der Waals surface area contributed by atoms with E-state index in [0.717, 1.165) is 11.4 Å². The molecule has 0 aliphatic carbocycles. The summed E-state index contributed by atoms with van der Waals surface area (Å²) in [4.78, 5) is 0.151. The average Bonchev–Trinajstić information content (AvgIpc) is 3.22. The van der Waals surface area contributed by atoms with Crippen LogP contribution in [0.25, 0.3) is 5.82 Å². The summed E-state index contributed by atoms with van der Waals surface area (Å²) in [6, 6.07) is 18.5. The lowest BCUT2D eigenvalue weighted by molar-refractivity contribution is 0.414. The summed E-state index contributed by atoms with van der Waals surface area (Å²) < 4.78 is 34.3. The van der Waals surface area contributed by atoms with Gasteiger partial charge in [-0.2, -0.15) is 5.10 Å². The Labute approximate surface area is 179 Å². The summed E-state index contributed by atoms with van der Waals surface area (Å²) >= 11 is 0. The summed E-state index contributed by atoms with van der Waals surface area (Å²) in [6.45, 7) is 1.90. The van der Waals surface area contributed by atoms with Crippen molar-refractivity contribution >= 4 is 27.2 Å². The van der Waals surface area contributed by atoms with Crippen molar-refractivity contribution in [2.24, 2.45) is 0 Å². The number of methoxy groups -OCH3 is 1. The predicted octanol–water partition coefficient (Wildman–Crippen LogP) is 3.52. The van der Waals surface area contributed by atoms with Gasteiger partial charge in [-0.3, -0.25) is 4.72 Å². The maximum absolute atomic E-state index is 12.5. The second-order valence-electron chi connectivity index (χ2n) is 6.66. The second kappa shape index (κ2) is 8.44. The van der Waals surface area contributed by atoms with Crippen molar-refractivity contribution in [1.82, 2.24) is 20.0 Å². The summed E-state index contributed by atoms with van der Waals surface area (Å²) in [6.07, 6.45) is 1.82. The van der Waals surface area contributed by atoms with Gasteiger partial charge in [-0.1, -0.05) is 0 Å². The summed E-state index contributed by atoms with van der Waals surface area (Å²) in [5, 5.41) is 15.7. The number of aryl methyl sites for hydroxylation is 1. The van der Waals surface area contributed by atoms with Gasteiger partial charge < -0.3 is 10.1 Å². The van der Waals surface area contributed by atoms with E-state index in [2.05, 4.69) is 25.3 Å². The normalized spacial score (nSPS) is 11.2. The smallest absolute Gasteiger partial charge is 0.261 e. The number of hydrogen-bond donors (Lipinski definition) is 2. The molecule has 0 aliphatic heterocycles. The zero-order valence-electron chi connectivity index (χ0n) is 16.9. The van der Waals surface area contributed by atoms with Crippen LogP contribution in [0.15, 0.2) is 77.8 Å². The van der Waals surface area contributed by atoms with Crippen LogP contribution in [-0.2, 0) is 10.0 Å². The highest BCUT2D eigenvalue weighted by molar-refractivity contribution is 7.92. The van der Waals surface area contributed by atoms with E-state index < -0.39 is 10.0 Å². The van der Waals surface area contributed by atoms with E-state index in [1.807, 2.05) is 19.2 Å². The molecule has 9 nitrogen and oxygen atoms in total. The minimum atomic E-state index is -3.70. The van der Waals surface area contributed by atoms with E-state index >= 15 is 0 Å². The van der Waals surface area contributed by atoms with Crippen molar-refractivity contribution in [1.29, 1.82) is 0 Å². The van der Waals surface area contributed by atoms with Gasteiger partial charge in [0.25, 0.3) is 10.0 Å². The Kier molecular flexibility index (Phi) is 5.54. The molecule has 0 bridgehead atoms. The molecular weight excluding hydrogens is 416 g/mol. The fourth-order valence-electron chi connectivity index (χ4n) is 2.80. The molecule has 0 saturated heterocycles. The maximum Gasteiger partial charge on any atom is 0.261 e. The highest BCUT2D eigenvalue weighted by atomic mass is 32.2. The minimum Gasteiger partial charge on any atom is -0.497 e. The fraction of sp³-hybridized carbons (Fsp3) is 0.0952. The van der Waals surface area contributed by atoms with Crippen LogP contribution < -0.4 is 14.8 Å². The van der Waals surface area contributed by atoms with Crippen molar-refractivity contribution < 1.29 is 13.2 Å². The first-order chi connectivity index (χ1) is 14.9. The fourth-order valence-corrected chi connectivity index (χ4v) is 3.85. The third kappa shape index (κ3) is 4.81. The first-order valence-electron chi connectivity index (χ1n) is 9.33. The Balaban J connectivity index is 1.42. The van der Waals surface area contributed by atoms with Crippen LogP contribution in [0, 0.1) is 6.92 Å². The summed E-state index contributed by atoms with van der Waals surface area (Å²) in [7, 11) is -2.17. The molecule has 0 fully saturated rings. The van der Waals surface area contributed by atoms with Crippen LogP contribution >= 0.6 is 0 Å². The molecule has 2 aromatic carbocycles. The van der Waals surface area contributed by atoms with Crippen molar-refractivity contribution in [3.8, 4) is 11.6 Å². The molecule has 2 heterocycles. The van der Waals surface area contributed by atoms with Gasteiger partial charge in [-0.25, -0.2) is 13.1 Å². The Morgan fingerprint density at radius 3 is 2.16 bits per heavy atom. The number of ether oxygens (including phenoxy) is 1. The first-order valence-corrected chi connectivity index (χ1v) is 10.8. The Morgan fingerprint density at radius 1 is 0.871 bits per heavy atom. The lowest BCUT2D eigenvalue weighted by Crippen LogP contribution is -2.12. The molecule has 0 spiro atoms. The van der Waals surface area contributed by atoms with E-state index in [0.29, 0.717) is 23.1 Å². The lowest BCUT2D eigenvalue weighted by atomic mass is 10.3. The molecule has 31 heavy (non-hydrogen) atoms. The van der Waals surface area contributed by atoms with Crippen LogP contribution in [-0.4, -0.2) is 35.5 Å². The van der Waals surface area contributed by atoms with Crippen LogP contribution in [0.4, 0.5) is 17.2 Å². The largest absolute Gasteiger partial charge is 0.497 e. The van der Waals surface area contributed by atoms with Crippen molar-refractivity contribution in [3.05, 3.63) is 78.6 Å². The summed E-state index contributed by atoms with van der Waals surface area (Å²) in [5.41, 5.74) is 2.08. The molecule has 2 N–H and O–H groups in total. The number of hydrogen-bond acceptors (Lipinski definition) is 7. The molecule has 0 amide bonds. The molecular formula is C21H20N6O3S. The average molecular weight is 436 g/mol. The minimum absolute atomic E-state index is 0.151. The van der Waals surface area contributed by atoms with Gasteiger partial charge >= 0.3 is 0 Å². The highest BCUT2D eigenvalue weighted by Gasteiger charge is 2.14. The topological polar surface area (TPSA) is 111 Å². The van der Waals surface area contributed by atoms with Gasteiger partial charge in [0.05, 0.1) is 17.7 Å². The van der Waals surface area contributed by atoms with E-state index in [-0.39, 0.29) is 4.90 Å². The van der Waals surface area contributed by atoms with Crippen LogP contribution in [0.3, 0.4) is 0 Å². The molecule has 2 aromatic heterocycles. The molecule has 0 unspecified atom stereocenters. The molecule has 158 valence electrons. The van der Waals surface area contributed by atoms with Gasteiger partial charge in [0.15, 0.2) is 11.6 Å². The van der Waals surface area contributed by atoms with Crippen LogP contribution in [0.5, 0.6) is 5.75 Å². The lowest BCUT2D eigenvalue weighted by Gasteiger charge is -2.10. The zero-order chi connectivity index (χ0) is 21.8. The van der Waals surface area contributed by atoms with E-state index in [1.165, 1.54) is 19.2 Å². The number of sulfonamides is 1. The number of benzene rings is 2. The van der Waals surface area contributed by atoms with Gasteiger partial charge in [-0.05, 0) is 73.7 Å². The molecule has 0 radical (unpaired) electrons. The van der Waals surface area contributed by atoms with E-state index in [9.17, 15) is 8.42 Å². The molecule has 10 heteroatoms. The van der Waals surface area contributed by atoms with Crippen LogP contribution in [0.2, 0.25) is 0 Å². The van der Waals surface area contributed by atoms with E-state index in [1.54, 1.807) is 53.2 Å². The predicted molar refractivity (Wildman–Crippen MR) is 117 cm³/mol. The second-order valence-corrected chi connectivity index (χ2v) is 8.34.